The number of fused-ring (bicyclic) bond motifs is 2. The highest BCUT2D eigenvalue weighted by atomic mass is 16.2. The van der Waals surface area contributed by atoms with Gasteiger partial charge in [-0.15, -0.1) is 0 Å². The normalized spacial score (nSPS) is 19.5. The summed E-state index contributed by atoms with van der Waals surface area (Å²) in [5, 5.41) is 2.94. The van der Waals surface area contributed by atoms with Gasteiger partial charge in [0.05, 0.1) is 23.2 Å². The summed E-state index contributed by atoms with van der Waals surface area (Å²) in [5.74, 6) is -0.879. The SMILES string of the molecule is Cc1cccn2cc(-c3cccc(NC(=O)c4ccc(N5C(=O)C6CCCCC6C5=O)cc4)c3)nc12. The first-order valence-corrected chi connectivity index (χ1v) is 12.3. The molecule has 0 spiro atoms. The molecule has 0 radical (unpaired) electrons. The van der Waals surface area contributed by atoms with Crippen LogP contribution in [0.15, 0.2) is 73.1 Å². The van der Waals surface area contributed by atoms with E-state index in [2.05, 4.69) is 5.32 Å². The van der Waals surface area contributed by atoms with Crippen molar-refractivity contribution in [1.29, 1.82) is 0 Å². The summed E-state index contributed by atoms with van der Waals surface area (Å²) >= 11 is 0. The van der Waals surface area contributed by atoms with Crippen LogP contribution in [0.5, 0.6) is 0 Å². The van der Waals surface area contributed by atoms with E-state index in [-0.39, 0.29) is 29.6 Å². The third-order valence-corrected chi connectivity index (χ3v) is 7.32. The van der Waals surface area contributed by atoms with Gasteiger partial charge in [-0.3, -0.25) is 19.3 Å². The standard InChI is InChI=1S/C29H26N4O3/c1-18-6-5-15-32-17-25(31-26(18)32)20-7-4-8-21(16-20)30-27(34)19-11-13-22(14-12-19)33-28(35)23-9-2-3-10-24(23)29(33)36/h4-8,11-17,23-24H,2-3,9-10H2,1H3,(H,30,34). The first-order chi connectivity index (χ1) is 17.5. The number of benzene rings is 2. The van der Waals surface area contributed by atoms with Gasteiger partial charge in [0.2, 0.25) is 11.8 Å². The van der Waals surface area contributed by atoms with Crippen LogP contribution in [0.25, 0.3) is 16.9 Å². The Hall–Kier alpha value is -4.26. The number of nitrogens with one attached hydrogen (secondary N) is 1. The van der Waals surface area contributed by atoms with Crippen LogP contribution in [0, 0.1) is 18.8 Å². The van der Waals surface area contributed by atoms with Gasteiger partial charge in [-0.05, 0) is 67.8 Å². The van der Waals surface area contributed by atoms with E-state index in [0.717, 1.165) is 48.2 Å². The summed E-state index contributed by atoms with van der Waals surface area (Å²) in [5.41, 5.74) is 5.35. The Bertz CT molecular complexity index is 1480. The molecule has 4 aromatic rings. The summed E-state index contributed by atoms with van der Waals surface area (Å²) in [4.78, 5) is 44.7. The molecule has 1 N–H and O–H groups in total. The number of rotatable bonds is 4. The maximum atomic E-state index is 12.9. The van der Waals surface area contributed by atoms with Gasteiger partial charge in [0.25, 0.3) is 5.91 Å². The van der Waals surface area contributed by atoms with E-state index in [1.807, 2.05) is 60.1 Å². The summed E-state index contributed by atoms with van der Waals surface area (Å²) < 4.78 is 1.99. The second kappa shape index (κ2) is 8.75. The van der Waals surface area contributed by atoms with E-state index >= 15 is 0 Å². The fourth-order valence-electron chi connectivity index (χ4n) is 5.43. The number of anilines is 2. The van der Waals surface area contributed by atoms with Crippen molar-refractivity contribution in [2.24, 2.45) is 11.8 Å². The van der Waals surface area contributed by atoms with Crippen molar-refractivity contribution in [3.8, 4) is 11.3 Å². The van der Waals surface area contributed by atoms with Crippen molar-refractivity contribution in [2.45, 2.75) is 32.6 Å². The smallest absolute Gasteiger partial charge is 0.255 e. The molecule has 2 aromatic carbocycles. The molecular formula is C29H26N4O3. The highest BCUT2D eigenvalue weighted by molar-refractivity contribution is 6.22. The zero-order chi connectivity index (χ0) is 24.8. The average molecular weight is 479 g/mol. The van der Waals surface area contributed by atoms with Crippen LogP contribution in [-0.4, -0.2) is 27.1 Å². The van der Waals surface area contributed by atoms with Crippen molar-refractivity contribution in [3.63, 3.8) is 0 Å². The molecule has 3 amide bonds. The lowest BCUT2D eigenvalue weighted by atomic mass is 9.81. The van der Waals surface area contributed by atoms with Gasteiger partial charge in [-0.2, -0.15) is 0 Å². The molecule has 1 aliphatic carbocycles. The van der Waals surface area contributed by atoms with Crippen LogP contribution >= 0.6 is 0 Å². The van der Waals surface area contributed by atoms with Crippen LogP contribution in [-0.2, 0) is 9.59 Å². The molecule has 0 bridgehead atoms. The number of aryl methyl sites for hydroxylation is 1. The molecule has 2 aromatic heterocycles. The van der Waals surface area contributed by atoms with Crippen LogP contribution in [0.2, 0.25) is 0 Å². The van der Waals surface area contributed by atoms with E-state index in [9.17, 15) is 14.4 Å². The number of imide groups is 1. The number of nitrogens with zero attached hydrogens (tertiary/aromatic N) is 3. The predicted molar refractivity (Wildman–Crippen MR) is 138 cm³/mol. The molecule has 3 heterocycles. The minimum atomic E-state index is -0.266. The van der Waals surface area contributed by atoms with E-state index in [0.29, 0.717) is 16.9 Å². The van der Waals surface area contributed by atoms with Gasteiger partial charge in [-0.1, -0.05) is 31.0 Å². The quantitative estimate of drug-likeness (QED) is 0.407. The van der Waals surface area contributed by atoms with E-state index in [1.54, 1.807) is 24.3 Å². The summed E-state index contributed by atoms with van der Waals surface area (Å²) in [6.07, 6.45) is 7.47. The first kappa shape index (κ1) is 22.2. The fourth-order valence-corrected chi connectivity index (χ4v) is 5.43. The zero-order valence-electron chi connectivity index (χ0n) is 20.0. The Kier molecular flexibility index (Phi) is 5.40. The van der Waals surface area contributed by atoms with Crippen LogP contribution in [0.1, 0.15) is 41.6 Å². The van der Waals surface area contributed by atoms with Gasteiger partial charge < -0.3 is 9.72 Å². The molecule has 7 nitrogen and oxygen atoms in total. The molecule has 2 fully saturated rings. The van der Waals surface area contributed by atoms with Crippen molar-refractivity contribution in [2.75, 3.05) is 10.2 Å². The topological polar surface area (TPSA) is 83.8 Å². The van der Waals surface area contributed by atoms with Crippen LogP contribution in [0.3, 0.4) is 0 Å². The summed E-state index contributed by atoms with van der Waals surface area (Å²) in [7, 11) is 0. The predicted octanol–water partition coefficient (Wildman–Crippen LogP) is 5.24. The van der Waals surface area contributed by atoms with Crippen LogP contribution < -0.4 is 10.2 Å². The number of pyridine rings is 1. The van der Waals surface area contributed by atoms with E-state index in [4.69, 9.17) is 4.98 Å². The van der Waals surface area contributed by atoms with Crippen molar-refractivity contribution in [3.05, 3.63) is 84.2 Å². The fraction of sp³-hybridized carbons (Fsp3) is 0.241. The second-order valence-corrected chi connectivity index (χ2v) is 9.64. The number of aromatic nitrogens is 2. The monoisotopic (exact) mass is 478 g/mol. The summed E-state index contributed by atoms with van der Waals surface area (Å²) in [6, 6.07) is 18.2. The Labute approximate surface area is 208 Å². The molecule has 2 aliphatic rings. The number of amides is 3. The minimum absolute atomic E-state index is 0.110. The molecular weight excluding hydrogens is 452 g/mol. The highest BCUT2D eigenvalue weighted by Gasteiger charge is 2.48. The highest BCUT2D eigenvalue weighted by Crippen LogP contribution is 2.40. The largest absolute Gasteiger partial charge is 0.322 e. The lowest BCUT2D eigenvalue weighted by molar-refractivity contribution is -0.122. The third-order valence-electron chi connectivity index (χ3n) is 7.32. The Balaban J connectivity index is 1.19. The van der Waals surface area contributed by atoms with Gasteiger partial charge in [0, 0.05) is 29.2 Å². The molecule has 7 heteroatoms. The van der Waals surface area contributed by atoms with Crippen molar-refractivity contribution >= 4 is 34.7 Å². The number of imidazole rings is 1. The Morgan fingerprint density at radius 2 is 1.67 bits per heavy atom. The Morgan fingerprint density at radius 1 is 0.944 bits per heavy atom. The lowest BCUT2D eigenvalue weighted by Gasteiger charge is -2.19. The van der Waals surface area contributed by atoms with Gasteiger partial charge in [0.15, 0.2) is 0 Å². The molecule has 1 saturated carbocycles. The molecule has 180 valence electrons. The third kappa shape index (κ3) is 3.77. The molecule has 2 unspecified atom stereocenters. The average Bonchev–Trinajstić information content (AvgIpc) is 3.45. The molecule has 1 aliphatic heterocycles. The number of hydrogen-bond acceptors (Lipinski definition) is 4. The van der Waals surface area contributed by atoms with Crippen molar-refractivity contribution in [1.82, 2.24) is 9.38 Å². The number of carbonyl (C=O) groups excluding carboxylic acids is 3. The molecule has 36 heavy (non-hydrogen) atoms. The minimum Gasteiger partial charge on any atom is -0.322 e. The number of carbonyl (C=O) groups is 3. The molecule has 2 atom stereocenters. The molecule has 6 rings (SSSR count). The van der Waals surface area contributed by atoms with Crippen LogP contribution in [0.4, 0.5) is 11.4 Å². The zero-order valence-corrected chi connectivity index (χ0v) is 20.0. The number of hydrogen-bond donors (Lipinski definition) is 1. The van der Waals surface area contributed by atoms with E-state index < -0.39 is 0 Å². The van der Waals surface area contributed by atoms with Gasteiger partial charge in [-0.25, -0.2) is 4.98 Å². The molecule has 1 saturated heterocycles. The lowest BCUT2D eigenvalue weighted by Crippen LogP contribution is -2.30. The maximum absolute atomic E-state index is 12.9. The van der Waals surface area contributed by atoms with E-state index in [1.165, 1.54) is 4.90 Å². The Morgan fingerprint density at radius 3 is 2.36 bits per heavy atom. The van der Waals surface area contributed by atoms with Crippen molar-refractivity contribution < 1.29 is 14.4 Å². The maximum Gasteiger partial charge on any atom is 0.255 e. The van der Waals surface area contributed by atoms with Gasteiger partial charge in [0.1, 0.15) is 5.65 Å². The summed E-state index contributed by atoms with van der Waals surface area (Å²) in [6.45, 7) is 2.02. The van der Waals surface area contributed by atoms with Gasteiger partial charge >= 0.3 is 0 Å². The first-order valence-electron chi connectivity index (χ1n) is 12.3. The second-order valence-electron chi connectivity index (χ2n) is 9.64.